The second kappa shape index (κ2) is 2.76. The highest BCUT2D eigenvalue weighted by Crippen LogP contribution is 2.24. The van der Waals surface area contributed by atoms with Crippen molar-refractivity contribution >= 4 is 29.7 Å². The summed E-state index contributed by atoms with van der Waals surface area (Å²) in [7, 11) is 0. The number of hydrogen-bond acceptors (Lipinski definition) is 3. The van der Waals surface area contributed by atoms with Gasteiger partial charge in [0.05, 0.1) is 0 Å². The molecule has 0 amide bonds. The molecule has 54 valence electrons. The monoisotopic (exact) mass is 172 g/mol. The van der Waals surface area contributed by atoms with Crippen LogP contribution in [0.25, 0.3) is 0 Å². The molecule has 0 N–H and O–H groups in total. The third-order valence-corrected chi connectivity index (χ3v) is 2.75. The molecule has 10 heavy (non-hydrogen) atoms. The molecule has 3 heteroatoms. The summed E-state index contributed by atoms with van der Waals surface area (Å²) in [5.41, 5.74) is 0.772. The number of ketones is 1. The molecule has 1 aromatic rings. The fraction of sp³-hybridized carbons (Fsp3) is 0.286. The van der Waals surface area contributed by atoms with E-state index in [1.54, 1.807) is 18.3 Å². The van der Waals surface area contributed by atoms with E-state index >= 15 is 0 Å². The number of Topliss-reactive ketones (excluding diaryl/α,β-unsaturated/α-hetero) is 1. The molecule has 0 aromatic carbocycles. The van der Waals surface area contributed by atoms with Gasteiger partial charge in [0, 0.05) is 20.7 Å². The van der Waals surface area contributed by atoms with E-state index in [0.717, 1.165) is 15.3 Å². The van der Waals surface area contributed by atoms with Crippen molar-refractivity contribution in [3.63, 3.8) is 0 Å². The minimum Gasteiger partial charge on any atom is -0.294 e. The van der Waals surface area contributed by atoms with Gasteiger partial charge in [-0.1, -0.05) is 0 Å². The summed E-state index contributed by atoms with van der Waals surface area (Å²) in [4.78, 5) is 12.8. The van der Waals surface area contributed by atoms with Gasteiger partial charge in [-0.05, 0) is 13.8 Å². The fourth-order valence-corrected chi connectivity index (χ4v) is 2.21. The van der Waals surface area contributed by atoms with Crippen LogP contribution in [0.4, 0.5) is 0 Å². The second-order valence-corrected chi connectivity index (χ2v) is 3.67. The van der Waals surface area contributed by atoms with Crippen LogP contribution in [-0.2, 0) is 0 Å². The van der Waals surface area contributed by atoms with Gasteiger partial charge in [0.25, 0.3) is 0 Å². The van der Waals surface area contributed by atoms with E-state index < -0.39 is 0 Å². The maximum Gasteiger partial charge on any atom is 0.162 e. The van der Waals surface area contributed by atoms with Crippen molar-refractivity contribution in [1.82, 2.24) is 0 Å². The smallest absolute Gasteiger partial charge is 0.162 e. The molecular weight excluding hydrogens is 164 g/mol. The van der Waals surface area contributed by atoms with Gasteiger partial charge in [-0.15, -0.1) is 24.0 Å². The number of carbonyl (C=O) groups is 1. The summed E-state index contributed by atoms with van der Waals surface area (Å²) in [6.45, 7) is 3.50. The Bertz CT molecular complexity index is 243. The lowest BCUT2D eigenvalue weighted by Gasteiger charge is -1.92. The summed E-state index contributed by atoms with van der Waals surface area (Å²) < 4.78 is 0. The van der Waals surface area contributed by atoms with Crippen LogP contribution in [0.15, 0.2) is 10.3 Å². The van der Waals surface area contributed by atoms with Gasteiger partial charge >= 0.3 is 0 Å². The van der Waals surface area contributed by atoms with Gasteiger partial charge in [-0.2, -0.15) is 0 Å². The molecule has 0 saturated heterocycles. The van der Waals surface area contributed by atoms with Crippen LogP contribution in [0.5, 0.6) is 0 Å². The average molecular weight is 172 g/mol. The van der Waals surface area contributed by atoms with Gasteiger partial charge < -0.3 is 0 Å². The van der Waals surface area contributed by atoms with Crippen LogP contribution in [0.2, 0.25) is 0 Å². The number of hydrogen-bond donors (Lipinski definition) is 1. The van der Waals surface area contributed by atoms with Gasteiger partial charge in [-0.25, -0.2) is 0 Å². The quantitative estimate of drug-likeness (QED) is 0.509. The molecule has 0 atom stereocenters. The van der Waals surface area contributed by atoms with Crippen molar-refractivity contribution < 1.29 is 4.79 Å². The zero-order valence-corrected chi connectivity index (χ0v) is 7.55. The lowest BCUT2D eigenvalue weighted by atomic mass is 10.2. The first-order valence-corrected chi connectivity index (χ1v) is 4.23. The van der Waals surface area contributed by atoms with Crippen LogP contribution in [0.1, 0.15) is 22.2 Å². The Balaban J connectivity index is 3.23. The third kappa shape index (κ3) is 1.25. The molecule has 0 radical (unpaired) electrons. The molecule has 0 spiro atoms. The first-order chi connectivity index (χ1) is 4.63. The van der Waals surface area contributed by atoms with Crippen LogP contribution in [-0.4, -0.2) is 5.78 Å². The Hall–Kier alpha value is -0.280. The minimum absolute atomic E-state index is 0.101. The Labute approximate surface area is 69.5 Å². The highest BCUT2D eigenvalue weighted by molar-refractivity contribution is 7.80. The number of aryl methyl sites for hydroxylation is 1. The number of thiol groups is 1. The van der Waals surface area contributed by atoms with Crippen molar-refractivity contribution in [2.75, 3.05) is 0 Å². The number of rotatable bonds is 1. The minimum atomic E-state index is 0.101. The molecule has 0 aliphatic rings. The number of thiophene rings is 1. The molecule has 0 unspecified atom stereocenters. The molecule has 0 aliphatic heterocycles. The third-order valence-electron chi connectivity index (χ3n) is 1.31. The summed E-state index contributed by atoms with van der Waals surface area (Å²) >= 11 is 5.71. The molecule has 1 heterocycles. The van der Waals surface area contributed by atoms with E-state index in [0.29, 0.717) is 0 Å². The maximum absolute atomic E-state index is 10.9. The molecule has 0 saturated carbocycles. The predicted octanol–water partition coefficient (Wildman–Crippen LogP) is 2.55. The van der Waals surface area contributed by atoms with E-state index in [1.807, 2.05) is 12.3 Å². The largest absolute Gasteiger partial charge is 0.294 e. The SMILES string of the molecule is CC(=O)c1c(S)csc1C. The first-order valence-electron chi connectivity index (χ1n) is 2.91. The van der Waals surface area contributed by atoms with E-state index in [9.17, 15) is 4.79 Å². The summed E-state index contributed by atoms with van der Waals surface area (Å²) in [6, 6.07) is 0. The van der Waals surface area contributed by atoms with Crippen LogP contribution in [0, 0.1) is 6.92 Å². The zero-order valence-electron chi connectivity index (χ0n) is 5.84. The molecule has 0 aliphatic carbocycles. The molecule has 1 aromatic heterocycles. The van der Waals surface area contributed by atoms with E-state index in [2.05, 4.69) is 12.6 Å². The topological polar surface area (TPSA) is 17.1 Å². The lowest BCUT2D eigenvalue weighted by Crippen LogP contribution is -1.91. The van der Waals surface area contributed by atoms with Crippen molar-refractivity contribution in [2.45, 2.75) is 18.7 Å². The van der Waals surface area contributed by atoms with Gasteiger partial charge in [0.2, 0.25) is 0 Å². The Morgan fingerprint density at radius 3 is 2.50 bits per heavy atom. The van der Waals surface area contributed by atoms with Crippen LogP contribution >= 0.6 is 24.0 Å². The predicted molar refractivity (Wildman–Crippen MR) is 46.3 cm³/mol. The van der Waals surface area contributed by atoms with Crippen molar-refractivity contribution in [3.8, 4) is 0 Å². The average Bonchev–Trinajstić information content (AvgIpc) is 2.11. The second-order valence-electron chi connectivity index (χ2n) is 2.11. The Morgan fingerprint density at radius 1 is 1.70 bits per heavy atom. The number of carbonyl (C=O) groups excluding carboxylic acids is 1. The van der Waals surface area contributed by atoms with E-state index in [1.165, 1.54) is 0 Å². The summed E-state index contributed by atoms with van der Waals surface area (Å²) in [5.74, 6) is 0.101. The highest BCUT2D eigenvalue weighted by atomic mass is 32.1. The first kappa shape index (κ1) is 7.82. The summed E-state index contributed by atoms with van der Waals surface area (Å²) in [6.07, 6.45) is 0. The lowest BCUT2D eigenvalue weighted by molar-refractivity contribution is 0.101. The molecule has 0 bridgehead atoms. The molecule has 1 nitrogen and oxygen atoms in total. The van der Waals surface area contributed by atoms with Gasteiger partial charge in [0.1, 0.15) is 0 Å². The normalized spacial score (nSPS) is 9.90. The molecular formula is C7H8OS2. The standard InChI is InChI=1S/C7H8OS2/c1-4(8)7-5(2)10-3-6(7)9/h3,9H,1-2H3. The fourth-order valence-electron chi connectivity index (χ4n) is 0.871. The van der Waals surface area contributed by atoms with Crippen LogP contribution in [0.3, 0.4) is 0 Å². The Morgan fingerprint density at radius 2 is 2.30 bits per heavy atom. The summed E-state index contributed by atoms with van der Waals surface area (Å²) in [5, 5.41) is 1.88. The molecule has 0 fully saturated rings. The van der Waals surface area contributed by atoms with Gasteiger partial charge in [0.15, 0.2) is 5.78 Å². The zero-order chi connectivity index (χ0) is 7.72. The van der Waals surface area contributed by atoms with Crippen LogP contribution < -0.4 is 0 Å². The maximum atomic E-state index is 10.9. The van der Waals surface area contributed by atoms with E-state index in [-0.39, 0.29) is 5.78 Å². The van der Waals surface area contributed by atoms with Gasteiger partial charge in [-0.3, -0.25) is 4.79 Å². The van der Waals surface area contributed by atoms with E-state index in [4.69, 9.17) is 0 Å². The molecule has 1 rings (SSSR count). The highest BCUT2D eigenvalue weighted by Gasteiger charge is 2.08. The van der Waals surface area contributed by atoms with Crippen molar-refractivity contribution in [1.29, 1.82) is 0 Å². The Kier molecular flexibility index (Phi) is 2.16. The van der Waals surface area contributed by atoms with Crippen molar-refractivity contribution in [2.24, 2.45) is 0 Å². The van der Waals surface area contributed by atoms with Crippen molar-refractivity contribution in [3.05, 3.63) is 15.8 Å².